The summed E-state index contributed by atoms with van der Waals surface area (Å²) in [7, 11) is 0. The summed E-state index contributed by atoms with van der Waals surface area (Å²) in [6.45, 7) is 27.5. The van der Waals surface area contributed by atoms with Crippen molar-refractivity contribution in [3.63, 3.8) is 0 Å². The summed E-state index contributed by atoms with van der Waals surface area (Å²) < 4.78 is 13.6. The molecule has 0 amide bonds. The average Bonchev–Trinajstić information content (AvgIpc) is 3.04. The Morgan fingerprint density at radius 2 is 0.608 bits per heavy atom. The maximum atomic E-state index is 6.79. The van der Waals surface area contributed by atoms with Gasteiger partial charge in [-0.1, -0.05) is 144 Å². The minimum atomic E-state index is -0.00566. The van der Waals surface area contributed by atoms with E-state index in [4.69, 9.17) is 9.47 Å². The Kier molecular flexibility index (Phi) is 7.22. The summed E-state index contributed by atoms with van der Waals surface area (Å²) in [6, 6.07) is 32.5. The molecule has 0 aliphatic carbocycles. The monoisotopic (exact) mass is 672 g/mol. The van der Waals surface area contributed by atoms with E-state index in [1.807, 2.05) is 0 Å². The van der Waals surface area contributed by atoms with Crippen LogP contribution in [0, 0.1) is 0 Å². The van der Waals surface area contributed by atoms with Gasteiger partial charge in [0.1, 0.15) is 11.5 Å². The Morgan fingerprint density at radius 3 is 0.922 bits per heavy atom. The zero-order valence-corrected chi connectivity index (χ0v) is 32.6. The van der Waals surface area contributed by atoms with E-state index in [2.05, 4.69) is 168 Å². The molecule has 2 nitrogen and oxygen atoms in total. The van der Waals surface area contributed by atoms with Crippen LogP contribution < -0.4 is 9.47 Å². The first-order valence-electron chi connectivity index (χ1n) is 18.6. The molecule has 2 heteroatoms. The Hall–Kier alpha value is -4.56. The summed E-state index contributed by atoms with van der Waals surface area (Å²) in [5.41, 5.74) is 5.28. The summed E-state index contributed by atoms with van der Waals surface area (Å²) in [5, 5.41) is 14.9. The van der Waals surface area contributed by atoms with E-state index < -0.39 is 0 Å². The molecule has 0 bridgehead atoms. The molecule has 8 aromatic carbocycles. The third-order valence-corrected chi connectivity index (χ3v) is 11.1. The normalized spacial score (nSPS) is 13.6. The van der Waals surface area contributed by atoms with Gasteiger partial charge in [0.05, 0.1) is 0 Å². The highest BCUT2D eigenvalue weighted by molar-refractivity contribution is 6.26. The second kappa shape index (κ2) is 11.0. The Labute approximate surface area is 303 Å². The van der Waals surface area contributed by atoms with E-state index in [9.17, 15) is 0 Å². The van der Waals surface area contributed by atoms with Crippen molar-refractivity contribution in [1.29, 1.82) is 0 Å². The van der Waals surface area contributed by atoms with Crippen LogP contribution in [0.2, 0.25) is 0 Å². The highest BCUT2D eigenvalue weighted by Crippen LogP contribution is 2.46. The van der Waals surface area contributed by atoms with E-state index in [0.717, 1.165) is 22.3 Å². The molecule has 0 saturated heterocycles. The smallest absolute Gasteiger partial charge is 0.230 e. The second-order valence-corrected chi connectivity index (χ2v) is 19.1. The highest BCUT2D eigenvalue weighted by Gasteiger charge is 2.24. The molecule has 0 unspecified atom stereocenters. The summed E-state index contributed by atoms with van der Waals surface area (Å²) >= 11 is 0. The van der Waals surface area contributed by atoms with Crippen LogP contribution in [0.4, 0.5) is 0 Å². The van der Waals surface area contributed by atoms with Crippen molar-refractivity contribution in [2.45, 2.75) is 105 Å². The van der Waals surface area contributed by atoms with Gasteiger partial charge in [0.25, 0.3) is 0 Å². The fourth-order valence-electron chi connectivity index (χ4n) is 7.91. The first-order valence-corrected chi connectivity index (χ1v) is 18.6. The van der Waals surface area contributed by atoms with Crippen LogP contribution in [0.5, 0.6) is 11.5 Å². The van der Waals surface area contributed by atoms with Crippen LogP contribution in [0.1, 0.15) is 105 Å². The highest BCUT2D eigenvalue weighted by atomic mass is 16.7. The Morgan fingerprint density at radius 1 is 0.333 bits per heavy atom. The van der Waals surface area contributed by atoms with E-state index in [1.54, 1.807) is 0 Å². The maximum Gasteiger partial charge on any atom is 0.230 e. The van der Waals surface area contributed by atoms with Crippen molar-refractivity contribution < 1.29 is 9.47 Å². The molecule has 8 aromatic rings. The zero-order chi connectivity index (χ0) is 36.4. The first-order chi connectivity index (χ1) is 23.8. The van der Waals surface area contributed by atoms with Crippen LogP contribution in [0.3, 0.4) is 0 Å². The van der Waals surface area contributed by atoms with Gasteiger partial charge >= 0.3 is 0 Å². The third kappa shape index (κ3) is 5.63. The predicted octanol–water partition coefficient (Wildman–Crippen LogP) is 14.1. The van der Waals surface area contributed by atoms with Crippen LogP contribution in [-0.2, 0) is 21.7 Å². The molecule has 0 radical (unpaired) electrons. The van der Waals surface area contributed by atoms with Gasteiger partial charge in [0, 0.05) is 21.5 Å². The van der Waals surface area contributed by atoms with Crippen molar-refractivity contribution in [3.8, 4) is 11.5 Å². The molecule has 0 atom stereocenters. The lowest BCUT2D eigenvalue weighted by Crippen LogP contribution is -2.13. The number of hydrogen-bond acceptors (Lipinski definition) is 2. The second-order valence-electron chi connectivity index (χ2n) is 19.1. The van der Waals surface area contributed by atoms with Gasteiger partial charge in [0.15, 0.2) is 0 Å². The number of rotatable bonds is 4. The predicted molar refractivity (Wildman–Crippen MR) is 221 cm³/mol. The van der Waals surface area contributed by atoms with Gasteiger partial charge in [-0.15, -0.1) is 0 Å². The molecule has 0 spiro atoms. The van der Waals surface area contributed by atoms with Crippen LogP contribution >= 0.6 is 0 Å². The van der Waals surface area contributed by atoms with Crippen LogP contribution in [-0.4, -0.2) is 6.79 Å². The average molecular weight is 673 g/mol. The van der Waals surface area contributed by atoms with E-state index in [0.29, 0.717) is 0 Å². The summed E-state index contributed by atoms with van der Waals surface area (Å²) in [6.07, 6.45) is 0. The minimum Gasteiger partial charge on any atom is -0.457 e. The SMILES string of the molecule is CC(C)(C)c1cc2ccc3cc(C(C)(C)C)cc4c(OCOc5cc6cc(C(C)(C)C)cc7ccc8cc(C(C)(C)C)cc5c8c76)cc(c1)c2c34. The minimum absolute atomic E-state index is 0.00566. The molecule has 0 aromatic heterocycles. The molecule has 0 fully saturated rings. The molecule has 0 N–H and O–H groups in total. The Bertz CT molecular complexity index is 2440. The van der Waals surface area contributed by atoms with Crippen molar-refractivity contribution in [3.05, 3.63) is 107 Å². The maximum absolute atomic E-state index is 6.79. The van der Waals surface area contributed by atoms with Crippen LogP contribution in [0.15, 0.2) is 84.9 Å². The van der Waals surface area contributed by atoms with Gasteiger partial charge in [-0.25, -0.2) is 0 Å². The Balaban J connectivity index is 1.29. The number of hydrogen-bond donors (Lipinski definition) is 0. The molecule has 0 heterocycles. The summed E-state index contributed by atoms with van der Waals surface area (Å²) in [4.78, 5) is 0. The van der Waals surface area contributed by atoms with Gasteiger partial charge < -0.3 is 9.47 Å². The largest absolute Gasteiger partial charge is 0.457 e. The first kappa shape index (κ1) is 33.6. The zero-order valence-electron chi connectivity index (χ0n) is 32.6. The quantitative estimate of drug-likeness (QED) is 0.137. The van der Waals surface area contributed by atoms with Crippen LogP contribution in [0.25, 0.3) is 64.6 Å². The molecule has 260 valence electrons. The molecular weight excluding hydrogens is 621 g/mol. The lowest BCUT2D eigenvalue weighted by atomic mass is 9.81. The van der Waals surface area contributed by atoms with E-state index >= 15 is 0 Å². The van der Waals surface area contributed by atoms with E-state index in [-0.39, 0.29) is 28.5 Å². The molecule has 0 saturated carbocycles. The van der Waals surface area contributed by atoms with Gasteiger partial charge in [0.2, 0.25) is 6.79 Å². The molecule has 0 aliphatic rings. The molecule has 0 aliphatic heterocycles. The number of ether oxygens (including phenoxy) is 2. The van der Waals surface area contributed by atoms with Crippen molar-refractivity contribution in [2.75, 3.05) is 6.79 Å². The van der Waals surface area contributed by atoms with Gasteiger partial charge in [-0.05, 0) is 111 Å². The third-order valence-electron chi connectivity index (χ3n) is 11.1. The molecule has 8 rings (SSSR count). The standard InChI is InChI=1S/C49H52O2/c1-46(2,3)34-17-28-13-15-30-19-36(48(7,8)9)25-38-40(23-32(21-34)42(28)44(30)38)50-27-51-41-24-33-22-35(47(4,5)6)18-29-14-16-31-20-37(49(10,11)12)26-39(41)45(31)43(29)33/h13-26H,27H2,1-12H3. The fourth-order valence-corrected chi connectivity index (χ4v) is 7.91. The van der Waals surface area contributed by atoms with Crippen molar-refractivity contribution in [2.24, 2.45) is 0 Å². The lowest BCUT2D eigenvalue weighted by Gasteiger charge is -2.25. The van der Waals surface area contributed by atoms with Gasteiger partial charge in [-0.2, -0.15) is 0 Å². The topological polar surface area (TPSA) is 18.5 Å². The van der Waals surface area contributed by atoms with E-state index in [1.165, 1.54) is 76.1 Å². The van der Waals surface area contributed by atoms with Gasteiger partial charge in [-0.3, -0.25) is 0 Å². The van der Waals surface area contributed by atoms with Crippen molar-refractivity contribution in [1.82, 2.24) is 0 Å². The molecule has 51 heavy (non-hydrogen) atoms. The number of benzene rings is 8. The molecular formula is C49H52O2. The summed E-state index contributed by atoms with van der Waals surface area (Å²) in [5.74, 6) is 1.72. The lowest BCUT2D eigenvalue weighted by molar-refractivity contribution is 0.123. The fraction of sp³-hybridized carbons (Fsp3) is 0.347. The van der Waals surface area contributed by atoms with Crippen molar-refractivity contribution >= 4 is 64.6 Å².